The van der Waals surface area contributed by atoms with Crippen LogP contribution >= 0.6 is 0 Å². The number of aliphatic hydroxyl groups is 2. The summed E-state index contributed by atoms with van der Waals surface area (Å²) in [6, 6.07) is -0.540. The third-order valence-corrected chi connectivity index (χ3v) is 16.6. The summed E-state index contributed by atoms with van der Waals surface area (Å²) >= 11 is 0. The van der Waals surface area contributed by atoms with Gasteiger partial charge >= 0.3 is 5.97 Å². The van der Waals surface area contributed by atoms with E-state index in [9.17, 15) is 19.8 Å². The molecule has 0 saturated heterocycles. The number of amides is 1. The van der Waals surface area contributed by atoms with E-state index in [0.717, 1.165) is 57.8 Å². The van der Waals surface area contributed by atoms with Gasteiger partial charge in [-0.05, 0) is 83.5 Å². The number of hydrogen-bond acceptors (Lipinski definition) is 5. The van der Waals surface area contributed by atoms with E-state index in [4.69, 9.17) is 4.74 Å². The van der Waals surface area contributed by atoms with Gasteiger partial charge in [0.1, 0.15) is 0 Å². The van der Waals surface area contributed by atoms with Crippen LogP contribution in [-0.2, 0) is 14.3 Å². The van der Waals surface area contributed by atoms with Gasteiger partial charge < -0.3 is 20.3 Å². The first-order chi connectivity index (χ1) is 39.5. The molecule has 0 bridgehead atoms. The van der Waals surface area contributed by atoms with Crippen molar-refractivity contribution in [1.82, 2.24) is 5.32 Å². The highest BCUT2D eigenvalue weighted by molar-refractivity contribution is 5.76. The van der Waals surface area contributed by atoms with E-state index in [1.54, 1.807) is 0 Å². The summed E-state index contributed by atoms with van der Waals surface area (Å²) in [6.07, 6.45) is 90.3. The van der Waals surface area contributed by atoms with Gasteiger partial charge in [0.25, 0.3) is 0 Å². The van der Waals surface area contributed by atoms with Crippen LogP contribution in [0.5, 0.6) is 0 Å². The van der Waals surface area contributed by atoms with Gasteiger partial charge in [0.05, 0.1) is 25.4 Å². The van der Waals surface area contributed by atoms with Crippen molar-refractivity contribution in [3.05, 3.63) is 48.6 Å². The number of rotatable bonds is 67. The predicted octanol–water partition coefficient (Wildman–Crippen LogP) is 23.3. The van der Waals surface area contributed by atoms with E-state index in [-0.39, 0.29) is 18.5 Å². The minimum absolute atomic E-state index is 0.00212. The molecule has 6 nitrogen and oxygen atoms in total. The van der Waals surface area contributed by atoms with Crippen molar-refractivity contribution in [2.24, 2.45) is 0 Å². The van der Waals surface area contributed by atoms with Crippen molar-refractivity contribution in [3.63, 3.8) is 0 Å². The molecule has 1 amide bonds. The second-order valence-electron chi connectivity index (χ2n) is 24.6. The molecule has 0 aliphatic carbocycles. The maximum absolute atomic E-state index is 12.5. The molecule has 0 saturated carbocycles. The van der Waals surface area contributed by atoms with E-state index in [0.29, 0.717) is 25.9 Å². The zero-order valence-corrected chi connectivity index (χ0v) is 53.8. The molecule has 3 N–H and O–H groups in total. The van der Waals surface area contributed by atoms with Crippen molar-refractivity contribution in [2.75, 3.05) is 13.2 Å². The highest BCUT2D eigenvalue weighted by atomic mass is 16.5. The zero-order valence-electron chi connectivity index (χ0n) is 53.8. The molecule has 0 aliphatic rings. The van der Waals surface area contributed by atoms with Gasteiger partial charge in [-0.25, -0.2) is 0 Å². The molecule has 6 heteroatoms. The van der Waals surface area contributed by atoms with Gasteiger partial charge in [0.2, 0.25) is 5.91 Å². The molecular formula is C74H139NO5. The fourth-order valence-electron chi connectivity index (χ4n) is 11.1. The molecule has 0 aromatic carbocycles. The van der Waals surface area contributed by atoms with Crippen LogP contribution < -0.4 is 5.32 Å². The van der Waals surface area contributed by atoms with Crippen LogP contribution in [0.25, 0.3) is 0 Å². The number of carbonyl (C=O) groups excluding carboxylic acids is 2. The molecule has 0 aliphatic heterocycles. The van der Waals surface area contributed by atoms with Crippen LogP contribution in [0.15, 0.2) is 48.6 Å². The highest BCUT2D eigenvalue weighted by Gasteiger charge is 2.20. The van der Waals surface area contributed by atoms with Crippen LogP contribution in [0, 0.1) is 0 Å². The smallest absolute Gasteiger partial charge is 0.305 e. The number of carbonyl (C=O) groups is 2. The third-order valence-electron chi connectivity index (χ3n) is 16.6. The number of aliphatic hydroxyl groups excluding tert-OH is 2. The van der Waals surface area contributed by atoms with Crippen LogP contribution in [0.3, 0.4) is 0 Å². The SMILES string of the molecule is CCCC/C=C\C/C=C\CCCCCCCC(=O)OCCCCCCCCCCCCC/C=C\C/C=C\CCCCCCCCCCCCCCCCCCCC(=O)NC(CO)C(O)CCCCCCCCCCCCCCCC. The van der Waals surface area contributed by atoms with E-state index >= 15 is 0 Å². The van der Waals surface area contributed by atoms with E-state index in [2.05, 4.69) is 67.8 Å². The zero-order chi connectivity index (χ0) is 57.8. The average molecular weight is 1120 g/mol. The van der Waals surface area contributed by atoms with E-state index in [1.165, 1.54) is 295 Å². The molecule has 0 spiro atoms. The Morgan fingerprint density at radius 1 is 0.350 bits per heavy atom. The van der Waals surface area contributed by atoms with Gasteiger partial charge in [-0.2, -0.15) is 0 Å². The lowest BCUT2D eigenvalue weighted by molar-refractivity contribution is -0.143. The summed E-state index contributed by atoms with van der Waals surface area (Å²) in [5.41, 5.74) is 0. The molecule has 0 heterocycles. The van der Waals surface area contributed by atoms with Crippen molar-refractivity contribution in [1.29, 1.82) is 0 Å². The number of ether oxygens (including phenoxy) is 1. The molecule has 0 aromatic rings. The van der Waals surface area contributed by atoms with Gasteiger partial charge in [0, 0.05) is 12.8 Å². The van der Waals surface area contributed by atoms with Gasteiger partial charge in [0.15, 0.2) is 0 Å². The van der Waals surface area contributed by atoms with Crippen LogP contribution in [0.4, 0.5) is 0 Å². The van der Waals surface area contributed by atoms with Crippen molar-refractivity contribution in [3.8, 4) is 0 Å². The molecule has 470 valence electrons. The topological polar surface area (TPSA) is 95.9 Å². The van der Waals surface area contributed by atoms with Crippen molar-refractivity contribution < 1.29 is 24.5 Å². The standard InChI is InChI=1S/C74H139NO5/c1-3-5-7-9-11-13-15-17-42-46-50-54-58-62-66-72(77)71(70-76)75-73(78)67-63-59-55-51-47-43-40-38-36-34-32-30-28-26-24-22-20-19-21-23-25-27-29-31-33-35-37-39-41-45-49-53-57-61-65-69-80-74(79)68-64-60-56-52-48-44-18-16-14-12-10-8-6-4-2/h10,12,16,18,21,23,27,29,71-72,76-77H,3-9,11,13-15,17,19-20,22,24-26,28,30-70H2,1-2H3,(H,75,78)/b12-10-,18-16-,23-21-,29-27-. The first-order valence-corrected chi connectivity index (χ1v) is 35.9. The third kappa shape index (κ3) is 65.0. The Hall–Kier alpha value is -2.18. The second-order valence-corrected chi connectivity index (χ2v) is 24.6. The number of esters is 1. The molecule has 0 radical (unpaired) electrons. The maximum atomic E-state index is 12.5. The van der Waals surface area contributed by atoms with Crippen LogP contribution in [0.1, 0.15) is 386 Å². The molecule has 2 unspecified atom stereocenters. The Morgan fingerprint density at radius 3 is 0.988 bits per heavy atom. The fourth-order valence-corrected chi connectivity index (χ4v) is 11.1. The summed E-state index contributed by atoms with van der Waals surface area (Å²) in [4.78, 5) is 24.5. The second kappa shape index (κ2) is 69.3. The fraction of sp³-hybridized carbons (Fsp3) is 0.865. The predicted molar refractivity (Wildman–Crippen MR) is 352 cm³/mol. The number of nitrogens with one attached hydrogen (secondary N) is 1. The summed E-state index contributed by atoms with van der Waals surface area (Å²) < 4.78 is 5.48. The molecular weight excluding hydrogens is 983 g/mol. The van der Waals surface area contributed by atoms with Crippen LogP contribution in [0.2, 0.25) is 0 Å². The monoisotopic (exact) mass is 1120 g/mol. The minimum atomic E-state index is -0.662. The number of hydrogen-bond donors (Lipinski definition) is 3. The summed E-state index contributed by atoms with van der Waals surface area (Å²) in [7, 11) is 0. The molecule has 2 atom stereocenters. The van der Waals surface area contributed by atoms with Crippen molar-refractivity contribution >= 4 is 11.9 Å². The number of unbranched alkanes of at least 4 members (excludes halogenated alkanes) is 48. The van der Waals surface area contributed by atoms with Gasteiger partial charge in [-0.3, -0.25) is 9.59 Å². The minimum Gasteiger partial charge on any atom is -0.466 e. The lowest BCUT2D eigenvalue weighted by atomic mass is 10.0. The highest BCUT2D eigenvalue weighted by Crippen LogP contribution is 2.18. The normalized spacial score (nSPS) is 12.8. The lowest BCUT2D eigenvalue weighted by Crippen LogP contribution is -2.45. The molecule has 0 aromatic heterocycles. The Labute approximate surface area is 499 Å². The molecule has 0 rings (SSSR count). The Morgan fingerprint density at radius 2 is 0.637 bits per heavy atom. The Kier molecular flexibility index (Phi) is 67.4. The Bertz CT molecular complexity index is 1340. The summed E-state index contributed by atoms with van der Waals surface area (Å²) in [5.74, 6) is -0.0286. The van der Waals surface area contributed by atoms with Crippen LogP contribution in [-0.4, -0.2) is 47.4 Å². The number of allylic oxidation sites excluding steroid dienone is 8. The van der Waals surface area contributed by atoms with E-state index in [1.807, 2.05) is 0 Å². The molecule has 0 fully saturated rings. The maximum Gasteiger partial charge on any atom is 0.305 e. The van der Waals surface area contributed by atoms with Gasteiger partial charge in [-0.1, -0.05) is 339 Å². The largest absolute Gasteiger partial charge is 0.466 e. The Balaban J connectivity index is 3.37. The average Bonchev–Trinajstić information content (AvgIpc) is 3.46. The summed E-state index contributed by atoms with van der Waals surface area (Å²) in [6.45, 7) is 4.93. The van der Waals surface area contributed by atoms with Crippen molar-refractivity contribution in [2.45, 2.75) is 398 Å². The lowest BCUT2D eigenvalue weighted by Gasteiger charge is -2.22. The first kappa shape index (κ1) is 77.8. The quantitative estimate of drug-likeness (QED) is 0.0320. The summed E-state index contributed by atoms with van der Waals surface area (Å²) in [5, 5.41) is 23.3. The van der Waals surface area contributed by atoms with E-state index < -0.39 is 12.1 Å². The van der Waals surface area contributed by atoms with Gasteiger partial charge in [-0.15, -0.1) is 0 Å². The molecule has 80 heavy (non-hydrogen) atoms. The first-order valence-electron chi connectivity index (χ1n) is 35.9.